The van der Waals surface area contributed by atoms with Gasteiger partial charge in [-0.2, -0.15) is 0 Å². The predicted octanol–water partition coefficient (Wildman–Crippen LogP) is 11.5. The second-order valence-corrected chi connectivity index (χ2v) is 14.3. The molecule has 11 aromatic rings. The molecule has 5 nitrogen and oxygen atoms in total. The molecule has 5 heterocycles. The maximum atomic E-state index is 6.92. The summed E-state index contributed by atoms with van der Waals surface area (Å²) in [6.45, 7) is -0.347. The lowest BCUT2D eigenvalue weighted by molar-refractivity contribution is 0.479. The summed E-state index contributed by atoms with van der Waals surface area (Å²) < 4.78 is 29.2. The van der Waals surface area contributed by atoms with Crippen LogP contribution in [0.2, 0.25) is 0 Å². The van der Waals surface area contributed by atoms with E-state index < -0.39 is 0 Å². The first-order valence-electron chi connectivity index (χ1n) is 18.3. The van der Waals surface area contributed by atoms with E-state index in [9.17, 15) is 0 Å². The van der Waals surface area contributed by atoms with Crippen LogP contribution in [-0.2, 0) is 0 Å². The fraction of sp³-hybridized carbons (Fsp3) is 0. The molecule has 250 valence electrons. The number of ether oxygens (including phenoxy) is 1. The van der Waals surface area contributed by atoms with E-state index in [0.717, 1.165) is 111 Å². The minimum absolute atomic E-state index is 0.347. The van der Waals surface area contributed by atoms with Gasteiger partial charge in [0, 0.05) is 54.7 Å². The van der Waals surface area contributed by atoms with Crippen molar-refractivity contribution in [1.82, 2.24) is 4.57 Å². The summed E-state index contributed by atoms with van der Waals surface area (Å²) in [6.07, 6.45) is 0. The largest absolute Gasteiger partial charge is 0.551 e. The molecule has 0 fully saturated rings. The SMILES string of the molecule is c1ccc2c(c1)OB1c3cc(-n4c5ccccc5c5ccccc54)ccc3Oc3cc(-c4cccc5c4oc4c5ccc5oc6ccccc6c54)cc-2c31. The van der Waals surface area contributed by atoms with Crippen LogP contribution in [-0.4, -0.2) is 11.5 Å². The summed E-state index contributed by atoms with van der Waals surface area (Å²) in [6, 6.07) is 55.1. The third-order valence-electron chi connectivity index (χ3n) is 11.5. The molecule has 6 heteroatoms. The quantitative estimate of drug-likeness (QED) is 0.169. The van der Waals surface area contributed by atoms with E-state index in [1.54, 1.807) is 0 Å². The van der Waals surface area contributed by atoms with Crippen molar-refractivity contribution < 1.29 is 18.2 Å². The van der Waals surface area contributed by atoms with Crippen LogP contribution < -0.4 is 20.3 Å². The van der Waals surface area contributed by atoms with Gasteiger partial charge in [0.05, 0.1) is 16.4 Å². The summed E-state index contributed by atoms with van der Waals surface area (Å²) >= 11 is 0. The van der Waals surface area contributed by atoms with Gasteiger partial charge < -0.3 is 22.8 Å². The third-order valence-corrected chi connectivity index (χ3v) is 11.5. The summed E-state index contributed by atoms with van der Waals surface area (Å²) in [5.74, 6) is 2.43. The molecule has 0 radical (unpaired) electrons. The maximum absolute atomic E-state index is 6.92. The first-order valence-corrected chi connectivity index (χ1v) is 18.3. The third kappa shape index (κ3) is 3.69. The van der Waals surface area contributed by atoms with Crippen molar-refractivity contribution >= 4 is 83.5 Å². The van der Waals surface area contributed by atoms with E-state index >= 15 is 0 Å². The van der Waals surface area contributed by atoms with Crippen LogP contribution in [0.4, 0.5) is 0 Å². The Balaban J connectivity index is 1.02. The van der Waals surface area contributed by atoms with Crippen LogP contribution >= 0.6 is 0 Å². The van der Waals surface area contributed by atoms with Crippen LogP contribution in [0.5, 0.6) is 17.2 Å². The Morgan fingerprint density at radius 1 is 0.444 bits per heavy atom. The second-order valence-electron chi connectivity index (χ2n) is 14.3. The van der Waals surface area contributed by atoms with Crippen molar-refractivity contribution in [2.75, 3.05) is 0 Å². The molecule has 0 atom stereocenters. The molecule has 0 aliphatic carbocycles. The molecule has 0 amide bonds. The monoisotopic (exact) mass is 691 g/mol. The standard InChI is InChI=1S/C48H26BNO4/c1-5-16-38-30(10-1)31-11-2-6-17-39(31)50(38)28-20-22-42-37(26-28)49-46-36(32-12-3-8-19-41(32)54-49)24-27(25-44(46)52-42)29-14-9-15-33-34-21-23-43-45(48(34)53-47(29)33)35-13-4-7-18-40(35)51-43/h1-26H. The van der Waals surface area contributed by atoms with Crippen molar-refractivity contribution in [3.8, 4) is 45.2 Å². The molecule has 0 N–H and O–H groups in total. The smallest absolute Gasteiger partial charge is 0.434 e. The highest BCUT2D eigenvalue weighted by Gasteiger charge is 2.41. The van der Waals surface area contributed by atoms with Gasteiger partial charge in [0.2, 0.25) is 0 Å². The minimum atomic E-state index is -0.347. The van der Waals surface area contributed by atoms with Gasteiger partial charge in [-0.25, -0.2) is 0 Å². The van der Waals surface area contributed by atoms with Gasteiger partial charge in [-0.3, -0.25) is 0 Å². The molecule has 3 aromatic heterocycles. The van der Waals surface area contributed by atoms with E-state index in [-0.39, 0.29) is 6.92 Å². The van der Waals surface area contributed by atoms with Gasteiger partial charge in [0.1, 0.15) is 39.6 Å². The lowest BCUT2D eigenvalue weighted by Crippen LogP contribution is -2.53. The number of nitrogens with zero attached hydrogens (tertiary/aromatic N) is 1. The van der Waals surface area contributed by atoms with E-state index in [2.05, 4.69) is 138 Å². The Hall–Kier alpha value is -7.18. The number of benzene rings is 8. The average Bonchev–Trinajstić information content (AvgIpc) is 3.90. The number of furan rings is 2. The van der Waals surface area contributed by atoms with Crippen molar-refractivity contribution in [2.24, 2.45) is 0 Å². The molecule has 2 aliphatic rings. The van der Waals surface area contributed by atoms with Crippen LogP contribution in [0, 0.1) is 0 Å². The van der Waals surface area contributed by atoms with Gasteiger partial charge in [0.15, 0.2) is 0 Å². The van der Waals surface area contributed by atoms with E-state index in [1.807, 2.05) is 24.3 Å². The molecular formula is C48H26BNO4. The lowest BCUT2D eigenvalue weighted by Gasteiger charge is -2.33. The first-order chi connectivity index (χ1) is 26.8. The van der Waals surface area contributed by atoms with Crippen LogP contribution in [0.3, 0.4) is 0 Å². The topological polar surface area (TPSA) is 49.7 Å². The second kappa shape index (κ2) is 10.2. The zero-order valence-electron chi connectivity index (χ0n) is 28.7. The minimum Gasteiger partial charge on any atom is -0.551 e. The molecule has 0 saturated heterocycles. The number of para-hydroxylation sites is 5. The predicted molar refractivity (Wildman–Crippen MR) is 218 cm³/mol. The van der Waals surface area contributed by atoms with Crippen molar-refractivity contribution in [1.29, 1.82) is 0 Å². The molecule has 0 saturated carbocycles. The number of fused-ring (bicyclic) bond motifs is 14. The number of hydrogen-bond acceptors (Lipinski definition) is 4. The molecule has 0 bridgehead atoms. The number of rotatable bonds is 2. The Kier molecular flexibility index (Phi) is 5.39. The summed E-state index contributed by atoms with van der Waals surface area (Å²) in [4.78, 5) is 0. The van der Waals surface area contributed by atoms with E-state index in [0.29, 0.717) is 0 Å². The van der Waals surface area contributed by atoms with Crippen LogP contribution in [0.1, 0.15) is 0 Å². The lowest BCUT2D eigenvalue weighted by atomic mass is 9.50. The van der Waals surface area contributed by atoms with Gasteiger partial charge >= 0.3 is 6.92 Å². The van der Waals surface area contributed by atoms with Gasteiger partial charge in [-0.1, -0.05) is 91.0 Å². The van der Waals surface area contributed by atoms with Gasteiger partial charge in [-0.15, -0.1) is 0 Å². The molecule has 2 aliphatic heterocycles. The fourth-order valence-corrected chi connectivity index (χ4v) is 9.14. The summed E-state index contributed by atoms with van der Waals surface area (Å²) in [7, 11) is 0. The number of aromatic nitrogens is 1. The summed E-state index contributed by atoms with van der Waals surface area (Å²) in [5.41, 5.74) is 12.9. The van der Waals surface area contributed by atoms with E-state index in [4.69, 9.17) is 18.2 Å². The first kappa shape index (κ1) is 28.4. The van der Waals surface area contributed by atoms with Crippen LogP contribution in [0.25, 0.3) is 93.6 Å². The Morgan fingerprint density at radius 2 is 1.17 bits per heavy atom. The van der Waals surface area contributed by atoms with Gasteiger partial charge in [-0.05, 0) is 77.9 Å². The Morgan fingerprint density at radius 3 is 2.04 bits per heavy atom. The maximum Gasteiger partial charge on any atom is 0.434 e. The highest BCUT2D eigenvalue weighted by atomic mass is 16.5. The average molecular weight is 692 g/mol. The Bertz CT molecular complexity index is 3370. The van der Waals surface area contributed by atoms with Crippen molar-refractivity contribution in [3.05, 3.63) is 158 Å². The van der Waals surface area contributed by atoms with E-state index in [1.165, 1.54) is 10.8 Å². The zero-order valence-corrected chi connectivity index (χ0v) is 28.7. The Labute approximate surface area is 308 Å². The number of hydrogen-bond donors (Lipinski definition) is 0. The van der Waals surface area contributed by atoms with Crippen molar-refractivity contribution in [3.63, 3.8) is 0 Å². The molecule has 0 unspecified atom stereocenters. The molecule has 0 spiro atoms. The zero-order chi connectivity index (χ0) is 35.1. The highest BCUT2D eigenvalue weighted by Crippen LogP contribution is 2.45. The highest BCUT2D eigenvalue weighted by molar-refractivity contribution is 6.84. The normalized spacial score (nSPS) is 13.1. The molecule has 54 heavy (non-hydrogen) atoms. The summed E-state index contributed by atoms with van der Waals surface area (Å²) in [5, 5.41) is 6.63. The molecule has 8 aromatic carbocycles. The fourth-order valence-electron chi connectivity index (χ4n) is 9.14. The van der Waals surface area contributed by atoms with Gasteiger partial charge in [0.25, 0.3) is 0 Å². The van der Waals surface area contributed by atoms with Crippen LogP contribution in [0.15, 0.2) is 167 Å². The van der Waals surface area contributed by atoms with Crippen molar-refractivity contribution in [2.45, 2.75) is 0 Å². The molecular weight excluding hydrogens is 665 g/mol. The molecule has 13 rings (SSSR count).